The van der Waals surface area contributed by atoms with Gasteiger partial charge in [0.2, 0.25) is 5.91 Å². The minimum atomic E-state index is -0.154. The number of furan rings is 1. The molecular formula is C17H13BrClN3O3. The average Bonchev–Trinajstić information content (AvgIpc) is 3.27. The van der Waals surface area contributed by atoms with Crippen molar-refractivity contribution in [3.05, 3.63) is 51.4 Å². The van der Waals surface area contributed by atoms with Crippen molar-refractivity contribution in [2.75, 3.05) is 11.4 Å². The zero-order valence-electron chi connectivity index (χ0n) is 13.2. The van der Waals surface area contributed by atoms with Crippen LogP contribution in [-0.2, 0) is 4.79 Å². The number of hydrogen-bond acceptors (Lipinski definition) is 5. The first kappa shape index (κ1) is 16.4. The number of anilines is 1. The molecule has 0 saturated carbocycles. The fraction of sp³-hybridized carbons (Fsp3) is 0.235. The van der Waals surface area contributed by atoms with Gasteiger partial charge >= 0.3 is 0 Å². The number of nitrogens with zero attached hydrogens (tertiary/aromatic N) is 3. The molecule has 0 aliphatic carbocycles. The molecule has 3 heterocycles. The second kappa shape index (κ2) is 6.31. The van der Waals surface area contributed by atoms with Crippen molar-refractivity contribution in [2.45, 2.75) is 19.3 Å². The van der Waals surface area contributed by atoms with E-state index in [1.807, 2.05) is 19.1 Å². The zero-order valence-corrected chi connectivity index (χ0v) is 15.5. The van der Waals surface area contributed by atoms with Crippen molar-refractivity contribution in [1.29, 1.82) is 0 Å². The van der Waals surface area contributed by atoms with Crippen LogP contribution in [0.15, 0.2) is 43.9 Å². The average molecular weight is 423 g/mol. The smallest absolute Gasteiger partial charge is 0.293 e. The van der Waals surface area contributed by atoms with E-state index in [1.54, 1.807) is 23.1 Å². The minimum Gasteiger partial charge on any atom is -0.444 e. The lowest BCUT2D eigenvalue weighted by atomic mass is 10.1. The molecule has 1 amide bonds. The van der Waals surface area contributed by atoms with Gasteiger partial charge in [-0.25, -0.2) is 0 Å². The lowest BCUT2D eigenvalue weighted by Crippen LogP contribution is -2.25. The summed E-state index contributed by atoms with van der Waals surface area (Å²) in [4.78, 5) is 18.6. The van der Waals surface area contributed by atoms with E-state index in [0.717, 1.165) is 11.3 Å². The van der Waals surface area contributed by atoms with E-state index in [1.165, 1.54) is 0 Å². The first-order valence-electron chi connectivity index (χ1n) is 7.67. The van der Waals surface area contributed by atoms with Crippen molar-refractivity contribution in [1.82, 2.24) is 10.1 Å². The fourth-order valence-electron chi connectivity index (χ4n) is 2.99. The molecule has 6 nitrogen and oxygen atoms in total. The Bertz CT molecular complexity index is 932. The molecule has 1 fully saturated rings. The van der Waals surface area contributed by atoms with Gasteiger partial charge < -0.3 is 13.8 Å². The molecule has 8 heteroatoms. The monoisotopic (exact) mass is 421 g/mol. The normalized spacial score (nSPS) is 17.5. The van der Waals surface area contributed by atoms with Gasteiger partial charge in [0.25, 0.3) is 5.89 Å². The Morgan fingerprint density at radius 3 is 2.88 bits per heavy atom. The third-order valence-electron chi connectivity index (χ3n) is 4.17. The minimum absolute atomic E-state index is 0.00621. The molecule has 0 bridgehead atoms. The van der Waals surface area contributed by atoms with Gasteiger partial charge in [0.15, 0.2) is 16.3 Å². The molecule has 0 spiro atoms. The van der Waals surface area contributed by atoms with Crippen LogP contribution < -0.4 is 4.90 Å². The van der Waals surface area contributed by atoms with Crippen LogP contribution in [0.2, 0.25) is 5.02 Å². The number of halogens is 2. The van der Waals surface area contributed by atoms with E-state index < -0.39 is 0 Å². The largest absolute Gasteiger partial charge is 0.444 e. The maximum absolute atomic E-state index is 12.5. The molecule has 2 aromatic heterocycles. The van der Waals surface area contributed by atoms with Crippen molar-refractivity contribution in [3.8, 4) is 11.7 Å². The van der Waals surface area contributed by atoms with Crippen LogP contribution in [0, 0.1) is 6.92 Å². The predicted molar refractivity (Wildman–Crippen MR) is 95.6 cm³/mol. The van der Waals surface area contributed by atoms with E-state index in [2.05, 4.69) is 26.1 Å². The van der Waals surface area contributed by atoms with Crippen LogP contribution in [0.3, 0.4) is 0 Å². The van der Waals surface area contributed by atoms with Gasteiger partial charge in [-0.05, 0) is 46.6 Å². The number of amides is 1. The number of aryl methyl sites for hydroxylation is 1. The number of aromatic nitrogens is 2. The van der Waals surface area contributed by atoms with Crippen molar-refractivity contribution in [2.24, 2.45) is 0 Å². The summed E-state index contributed by atoms with van der Waals surface area (Å²) < 4.78 is 11.3. The van der Waals surface area contributed by atoms with Gasteiger partial charge in [-0.1, -0.05) is 28.9 Å². The number of rotatable bonds is 3. The summed E-state index contributed by atoms with van der Waals surface area (Å²) in [6.45, 7) is 2.40. The summed E-state index contributed by atoms with van der Waals surface area (Å²) >= 11 is 9.53. The Labute approximate surface area is 156 Å². The molecule has 1 unspecified atom stereocenters. The topological polar surface area (TPSA) is 72.4 Å². The van der Waals surface area contributed by atoms with Gasteiger partial charge in [0, 0.05) is 18.9 Å². The van der Waals surface area contributed by atoms with E-state index >= 15 is 0 Å². The summed E-state index contributed by atoms with van der Waals surface area (Å²) in [5.41, 5.74) is 1.70. The Morgan fingerprint density at radius 2 is 2.16 bits per heavy atom. The Hall–Kier alpha value is -2.12. The second-order valence-electron chi connectivity index (χ2n) is 5.87. The van der Waals surface area contributed by atoms with Crippen LogP contribution in [0.5, 0.6) is 0 Å². The highest BCUT2D eigenvalue weighted by molar-refractivity contribution is 9.10. The standard InChI is InChI=1S/C17H13BrClN3O3/c1-9-3-2-4-11(19)15(9)22-8-10(7-14(22)23)16-20-17(25-21-16)12-5-6-13(18)24-12/h2-6,10H,7-8H2,1H3. The third-order valence-corrected chi connectivity index (χ3v) is 4.91. The quantitative estimate of drug-likeness (QED) is 0.618. The summed E-state index contributed by atoms with van der Waals surface area (Å²) in [6.07, 6.45) is 0.311. The number of carbonyl (C=O) groups excluding carboxylic acids is 1. The molecule has 25 heavy (non-hydrogen) atoms. The molecule has 1 saturated heterocycles. The molecular weight excluding hydrogens is 410 g/mol. The van der Waals surface area contributed by atoms with Gasteiger partial charge in [0.1, 0.15) is 0 Å². The highest BCUT2D eigenvalue weighted by atomic mass is 79.9. The summed E-state index contributed by atoms with van der Waals surface area (Å²) in [5.74, 6) is 1.10. The maximum atomic E-state index is 12.5. The SMILES string of the molecule is Cc1cccc(Cl)c1N1CC(c2noc(-c3ccc(Br)o3)n2)CC1=O. The molecule has 1 aliphatic heterocycles. The van der Waals surface area contributed by atoms with Crippen molar-refractivity contribution >= 4 is 39.1 Å². The zero-order chi connectivity index (χ0) is 17.6. The Balaban J connectivity index is 1.60. The highest BCUT2D eigenvalue weighted by Crippen LogP contribution is 2.37. The first-order chi connectivity index (χ1) is 12.0. The van der Waals surface area contributed by atoms with E-state index in [0.29, 0.717) is 40.1 Å². The highest BCUT2D eigenvalue weighted by Gasteiger charge is 2.36. The number of hydrogen-bond donors (Lipinski definition) is 0. The van der Waals surface area contributed by atoms with Crippen LogP contribution in [-0.4, -0.2) is 22.6 Å². The van der Waals surface area contributed by atoms with E-state index in [-0.39, 0.29) is 11.8 Å². The summed E-state index contributed by atoms with van der Waals surface area (Å²) in [7, 11) is 0. The molecule has 1 atom stereocenters. The molecule has 1 aliphatic rings. The van der Waals surface area contributed by atoms with Crippen LogP contribution in [0.25, 0.3) is 11.7 Å². The lowest BCUT2D eigenvalue weighted by molar-refractivity contribution is -0.117. The van der Waals surface area contributed by atoms with E-state index in [4.69, 9.17) is 20.5 Å². The maximum Gasteiger partial charge on any atom is 0.293 e. The molecule has 0 radical (unpaired) electrons. The number of para-hydroxylation sites is 1. The molecule has 1 aromatic carbocycles. The van der Waals surface area contributed by atoms with Gasteiger partial charge in [-0.15, -0.1) is 0 Å². The van der Waals surface area contributed by atoms with Gasteiger partial charge in [-0.3, -0.25) is 4.79 Å². The first-order valence-corrected chi connectivity index (χ1v) is 8.85. The number of carbonyl (C=O) groups is 1. The molecule has 128 valence electrons. The Kier molecular flexibility index (Phi) is 4.13. The van der Waals surface area contributed by atoms with Crippen LogP contribution in [0.4, 0.5) is 5.69 Å². The van der Waals surface area contributed by atoms with Gasteiger partial charge in [0.05, 0.1) is 10.7 Å². The molecule has 3 aromatic rings. The van der Waals surface area contributed by atoms with Crippen LogP contribution in [0.1, 0.15) is 23.7 Å². The Morgan fingerprint density at radius 1 is 1.32 bits per heavy atom. The third kappa shape index (κ3) is 2.98. The van der Waals surface area contributed by atoms with E-state index in [9.17, 15) is 4.79 Å². The lowest BCUT2D eigenvalue weighted by Gasteiger charge is -2.20. The van der Waals surface area contributed by atoms with Crippen LogP contribution >= 0.6 is 27.5 Å². The molecule has 4 rings (SSSR count). The van der Waals surface area contributed by atoms with Gasteiger partial charge in [-0.2, -0.15) is 4.98 Å². The second-order valence-corrected chi connectivity index (χ2v) is 7.06. The number of benzene rings is 1. The fourth-order valence-corrected chi connectivity index (χ4v) is 3.62. The summed E-state index contributed by atoms with van der Waals surface area (Å²) in [6, 6.07) is 9.07. The van der Waals surface area contributed by atoms with Crippen molar-refractivity contribution in [3.63, 3.8) is 0 Å². The summed E-state index contributed by atoms with van der Waals surface area (Å²) in [5, 5.41) is 4.58. The predicted octanol–water partition coefficient (Wildman–Crippen LogP) is 4.57. The molecule has 0 N–H and O–H groups in total. The van der Waals surface area contributed by atoms with Crippen molar-refractivity contribution < 1.29 is 13.7 Å².